The van der Waals surface area contributed by atoms with Gasteiger partial charge in [-0.05, 0) is 18.2 Å². The largest absolute Gasteiger partial charge is 0.364 e. The van der Waals surface area contributed by atoms with Gasteiger partial charge in [-0.3, -0.25) is 14.7 Å². The second kappa shape index (κ2) is 3.94. The van der Waals surface area contributed by atoms with Gasteiger partial charge in [0.25, 0.3) is 5.91 Å². The van der Waals surface area contributed by atoms with Crippen LogP contribution in [0.25, 0.3) is 10.9 Å². The summed E-state index contributed by atoms with van der Waals surface area (Å²) in [5.41, 5.74) is 6.17. The third-order valence-electron chi connectivity index (χ3n) is 2.74. The summed E-state index contributed by atoms with van der Waals surface area (Å²) in [4.78, 5) is 23.4. The number of carbonyl (C=O) groups excluding carboxylic acids is 2. The smallest absolute Gasteiger partial charge is 0.269 e. The van der Waals surface area contributed by atoms with Crippen molar-refractivity contribution < 1.29 is 9.59 Å². The third-order valence-corrected chi connectivity index (χ3v) is 2.74. The van der Waals surface area contributed by atoms with E-state index >= 15 is 0 Å². The molecule has 1 aromatic carbocycles. The summed E-state index contributed by atoms with van der Waals surface area (Å²) in [6.45, 7) is 5.55. The zero-order valence-electron chi connectivity index (χ0n) is 10.6. The molecule has 1 amide bonds. The van der Waals surface area contributed by atoms with Crippen LogP contribution in [0.1, 0.15) is 41.6 Å². The molecule has 0 radical (unpaired) electrons. The first kappa shape index (κ1) is 12.3. The van der Waals surface area contributed by atoms with Crippen LogP contribution in [0, 0.1) is 5.41 Å². The highest BCUT2D eigenvalue weighted by atomic mass is 16.1. The van der Waals surface area contributed by atoms with Gasteiger partial charge < -0.3 is 5.73 Å². The molecule has 94 valence electrons. The van der Waals surface area contributed by atoms with Crippen LogP contribution in [0.15, 0.2) is 18.2 Å². The fourth-order valence-corrected chi connectivity index (χ4v) is 1.78. The van der Waals surface area contributed by atoms with Crippen molar-refractivity contribution in [1.29, 1.82) is 0 Å². The lowest BCUT2D eigenvalue weighted by atomic mass is 9.86. The van der Waals surface area contributed by atoms with Crippen molar-refractivity contribution >= 4 is 22.6 Å². The quantitative estimate of drug-likeness (QED) is 0.792. The number of rotatable bonds is 2. The van der Waals surface area contributed by atoms with E-state index in [0.29, 0.717) is 16.5 Å². The summed E-state index contributed by atoms with van der Waals surface area (Å²) < 4.78 is 0. The molecular formula is C13H15N3O2. The number of nitrogens with zero attached hydrogens (tertiary/aromatic N) is 1. The molecule has 5 heteroatoms. The van der Waals surface area contributed by atoms with Crippen molar-refractivity contribution in [3.05, 3.63) is 29.5 Å². The Morgan fingerprint density at radius 1 is 1.28 bits per heavy atom. The molecule has 0 saturated carbocycles. The fourth-order valence-electron chi connectivity index (χ4n) is 1.78. The first-order valence-corrected chi connectivity index (χ1v) is 5.63. The van der Waals surface area contributed by atoms with Crippen LogP contribution >= 0.6 is 0 Å². The predicted molar refractivity (Wildman–Crippen MR) is 68.4 cm³/mol. The van der Waals surface area contributed by atoms with Gasteiger partial charge in [-0.2, -0.15) is 5.10 Å². The second-order valence-electron chi connectivity index (χ2n) is 5.28. The van der Waals surface area contributed by atoms with Gasteiger partial charge in [0.05, 0.1) is 5.52 Å². The third kappa shape index (κ3) is 1.99. The van der Waals surface area contributed by atoms with E-state index in [1.807, 2.05) is 20.8 Å². The van der Waals surface area contributed by atoms with E-state index in [9.17, 15) is 9.59 Å². The van der Waals surface area contributed by atoms with E-state index in [1.54, 1.807) is 18.2 Å². The van der Waals surface area contributed by atoms with E-state index < -0.39 is 11.3 Å². The summed E-state index contributed by atoms with van der Waals surface area (Å²) in [6.07, 6.45) is 0. The van der Waals surface area contributed by atoms with Crippen LogP contribution in [-0.2, 0) is 0 Å². The Kier molecular flexibility index (Phi) is 2.69. The highest BCUT2D eigenvalue weighted by molar-refractivity contribution is 6.07. The first-order chi connectivity index (χ1) is 8.30. The Morgan fingerprint density at radius 2 is 1.94 bits per heavy atom. The highest BCUT2D eigenvalue weighted by Crippen LogP contribution is 2.24. The molecule has 0 saturated heterocycles. The summed E-state index contributed by atoms with van der Waals surface area (Å²) >= 11 is 0. The maximum atomic E-state index is 12.2. The number of hydrogen-bond acceptors (Lipinski definition) is 3. The second-order valence-corrected chi connectivity index (χ2v) is 5.28. The number of H-pyrrole nitrogens is 1. The van der Waals surface area contributed by atoms with E-state index in [4.69, 9.17) is 5.73 Å². The molecule has 0 fully saturated rings. The van der Waals surface area contributed by atoms with Gasteiger partial charge in [0.15, 0.2) is 11.5 Å². The zero-order chi connectivity index (χ0) is 13.5. The number of ketones is 1. The Labute approximate surface area is 104 Å². The number of primary amides is 1. The predicted octanol–water partition coefficient (Wildman–Crippen LogP) is 1.89. The summed E-state index contributed by atoms with van der Waals surface area (Å²) in [7, 11) is 0. The molecule has 0 aliphatic rings. The van der Waals surface area contributed by atoms with Crippen LogP contribution in [0.4, 0.5) is 0 Å². The van der Waals surface area contributed by atoms with Gasteiger partial charge in [-0.1, -0.05) is 20.8 Å². The lowest BCUT2D eigenvalue weighted by Crippen LogP contribution is -2.20. The lowest BCUT2D eigenvalue weighted by Gasteiger charge is -2.16. The van der Waals surface area contributed by atoms with E-state index in [-0.39, 0.29) is 11.5 Å². The standard InChI is InChI=1S/C13H15N3O2/c1-13(2,3)11(17)7-4-5-9-8(6-7)10(12(14)18)16-15-9/h4-6H,1-3H3,(H2,14,18)(H,15,16). The summed E-state index contributed by atoms with van der Waals surface area (Å²) in [6, 6.07) is 5.11. The molecule has 0 aliphatic carbocycles. The number of benzene rings is 1. The summed E-state index contributed by atoms with van der Waals surface area (Å²) in [5.74, 6) is -0.595. The Morgan fingerprint density at radius 3 is 2.50 bits per heavy atom. The molecule has 18 heavy (non-hydrogen) atoms. The van der Waals surface area contributed by atoms with Crippen LogP contribution in [-0.4, -0.2) is 21.9 Å². The molecule has 3 N–H and O–H groups in total. The number of amides is 1. The number of hydrogen-bond donors (Lipinski definition) is 2. The summed E-state index contributed by atoms with van der Waals surface area (Å²) in [5, 5.41) is 7.14. The molecule has 0 aliphatic heterocycles. The van der Waals surface area contributed by atoms with Crippen LogP contribution in [0.2, 0.25) is 0 Å². The van der Waals surface area contributed by atoms with Crippen molar-refractivity contribution in [2.75, 3.05) is 0 Å². The lowest BCUT2D eigenvalue weighted by molar-refractivity contribution is 0.0858. The number of fused-ring (bicyclic) bond motifs is 1. The van der Waals surface area contributed by atoms with Crippen LogP contribution in [0.5, 0.6) is 0 Å². The normalized spacial score (nSPS) is 11.7. The average molecular weight is 245 g/mol. The SMILES string of the molecule is CC(C)(C)C(=O)c1ccc2[nH]nc(C(N)=O)c2c1. The van der Waals surface area contributed by atoms with Crippen molar-refractivity contribution in [1.82, 2.24) is 10.2 Å². The Balaban J connectivity index is 2.59. The molecule has 2 rings (SSSR count). The number of aromatic amines is 1. The number of carbonyl (C=O) groups is 2. The van der Waals surface area contributed by atoms with Gasteiger partial charge in [0, 0.05) is 16.4 Å². The Bertz CT molecular complexity index is 635. The average Bonchev–Trinajstić information content (AvgIpc) is 2.69. The van der Waals surface area contributed by atoms with Crippen LogP contribution in [0.3, 0.4) is 0 Å². The highest BCUT2D eigenvalue weighted by Gasteiger charge is 2.23. The van der Waals surface area contributed by atoms with Crippen molar-refractivity contribution in [2.45, 2.75) is 20.8 Å². The van der Waals surface area contributed by atoms with Gasteiger partial charge in [-0.15, -0.1) is 0 Å². The van der Waals surface area contributed by atoms with E-state index in [1.165, 1.54) is 0 Å². The first-order valence-electron chi connectivity index (χ1n) is 5.63. The van der Waals surface area contributed by atoms with E-state index in [0.717, 1.165) is 0 Å². The van der Waals surface area contributed by atoms with Gasteiger partial charge >= 0.3 is 0 Å². The number of Topliss-reactive ketones (excluding diaryl/α,β-unsaturated/α-hetero) is 1. The van der Waals surface area contributed by atoms with Gasteiger partial charge in [-0.25, -0.2) is 0 Å². The number of nitrogens with one attached hydrogen (secondary N) is 1. The monoisotopic (exact) mass is 245 g/mol. The molecule has 0 unspecified atom stereocenters. The molecule has 1 heterocycles. The minimum atomic E-state index is -0.610. The van der Waals surface area contributed by atoms with Gasteiger partial charge in [0.2, 0.25) is 0 Å². The molecule has 0 spiro atoms. The number of nitrogens with two attached hydrogens (primary N) is 1. The van der Waals surface area contributed by atoms with E-state index in [2.05, 4.69) is 10.2 Å². The Hall–Kier alpha value is -2.17. The van der Waals surface area contributed by atoms with Gasteiger partial charge in [0.1, 0.15) is 0 Å². The molecule has 1 aromatic heterocycles. The molecule has 5 nitrogen and oxygen atoms in total. The van der Waals surface area contributed by atoms with Crippen molar-refractivity contribution in [3.8, 4) is 0 Å². The fraction of sp³-hybridized carbons (Fsp3) is 0.308. The van der Waals surface area contributed by atoms with Crippen molar-refractivity contribution in [2.24, 2.45) is 11.1 Å². The number of aromatic nitrogens is 2. The molecule has 0 atom stereocenters. The maximum Gasteiger partial charge on any atom is 0.269 e. The maximum absolute atomic E-state index is 12.2. The molecular weight excluding hydrogens is 230 g/mol. The topological polar surface area (TPSA) is 88.8 Å². The molecule has 2 aromatic rings. The molecule has 0 bridgehead atoms. The minimum absolute atomic E-state index is 0.0148. The minimum Gasteiger partial charge on any atom is -0.364 e. The zero-order valence-corrected chi connectivity index (χ0v) is 10.6. The van der Waals surface area contributed by atoms with Crippen molar-refractivity contribution in [3.63, 3.8) is 0 Å². The van der Waals surface area contributed by atoms with Crippen LogP contribution < -0.4 is 5.73 Å².